The lowest BCUT2D eigenvalue weighted by Gasteiger charge is -2.06. The van der Waals surface area contributed by atoms with Gasteiger partial charge in [0.15, 0.2) is 5.78 Å². The summed E-state index contributed by atoms with van der Waals surface area (Å²) in [7, 11) is 2.82. The number of halogens is 2. The summed E-state index contributed by atoms with van der Waals surface area (Å²) in [5.74, 6) is -0.385. The summed E-state index contributed by atoms with van der Waals surface area (Å²) in [5, 5.41) is 0.737. The maximum absolute atomic E-state index is 12.2. The summed E-state index contributed by atoms with van der Waals surface area (Å²) >= 11 is 11.7. The molecule has 0 saturated heterocycles. The quantitative estimate of drug-likeness (QED) is 0.808. The van der Waals surface area contributed by atoms with Crippen LogP contribution in [0.15, 0.2) is 34.0 Å². The van der Waals surface area contributed by atoms with Crippen molar-refractivity contribution in [1.29, 1.82) is 0 Å². The van der Waals surface area contributed by atoms with Crippen LogP contribution in [0.4, 0.5) is 0 Å². The Labute approximate surface area is 130 Å². The van der Waals surface area contributed by atoms with Crippen molar-refractivity contribution >= 4 is 29.0 Å². The first kappa shape index (κ1) is 15.5. The van der Waals surface area contributed by atoms with Crippen LogP contribution in [0.2, 0.25) is 10.0 Å². The minimum atomic E-state index is -0.608. The number of aromatic nitrogens is 2. The molecule has 110 valence electrons. The summed E-state index contributed by atoms with van der Waals surface area (Å²) in [6.45, 7) is 0. The molecule has 1 aromatic carbocycles. The molecular formula is C14H12Cl2N2O3. The Balaban J connectivity index is 2.39. The summed E-state index contributed by atoms with van der Waals surface area (Å²) < 4.78 is 2.10. The van der Waals surface area contributed by atoms with E-state index in [1.165, 1.54) is 24.9 Å². The number of rotatable bonds is 3. The summed E-state index contributed by atoms with van der Waals surface area (Å²) in [6.07, 6.45) is 1.26. The summed E-state index contributed by atoms with van der Waals surface area (Å²) in [5.41, 5.74) is -0.481. The Morgan fingerprint density at radius 2 is 1.81 bits per heavy atom. The molecule has 0 aliphatic rings. The molecule has 7 heteroatoms. The molecule has 2 rings (SSSR count). The Morgan fingerprint density at radius 1 is 1.14 bits per heavy atom. The Bertz CT molecular complexity index is 837. The van der Waals surface area contributed by atoms with Crippen LogP contribution in [0.1, 0.15) is 15.9 Å². The van der Waals surface area contributed by atoms with E-state index in [4.69, 9.17) is 23.2 Å². The van der Waals surface area contributed by atoms with E-state index in [-0.39, 0.29) is 17.8 Å². The molecule has 0 bridgehead atoms. The number of Topliss-reactive ketones (excluding diaryl/α,β-unsaturated/α-hetero) is 1. The van der Waals surface area contributed by atoms with Crippen LogP contribution in [0.5, 0.6) is 0 Å². The topological polar surface area (TPSA) is 61.1 Å². The number of nitrogens with zero attached hydrogens (tertiary/aromatic N) is 2. The zero-order valence-corrected chi connectivity index (χ0v) is 12.9. The van der Waals surface area contributed by atoms with Crippen LogP contribution < -0.4 is 11.2 Å². The molecule has 0 saturated carbocycles. The van der Waals surface area contributed by atoms with E-state index >= 15 is 0 Å². The normalized spacial score (nSPS) is 10.7. The first-order valence-electron chi connectivity index (χ1n) is 6.05. The van der Waals surface area contributed by atoms with Crippen molar-refractivity contribution in [3.63, 3.8) is 0 Å². The van der Waals surface area contributed by atoms with E-state index < -0.39 is 11.2 Å². The van der Waals surface area contributed by atoms with Gasteiger partial charge in [0.1, 0.15) is 0 Å². The van der Waals surface area contributed by atoms with Gasteiger partial charge in [-0.05, 0) is 17.7 Å². The molecule has 0 fully saturated rings. The predicted octanol–water partition coefficient (Wildman–Crippen LogP) is 1.82. The highest BCUT2D eigenvalue weighted by Gasteiger charge is 2.15. The average Bonchev–Trinajstić information content (AvgIpc) is 2.44. The molecule has 0 radical (unpaired) electrons. The molecule has 0 N–H and O–H groups in total. The van der Waals surface area contributed by atoms with Crippen molar-refractivity contribution in [3.05, 3.63) is 66.4 Å². The number of hydrogen-bond donors (Lipinski definition) is 0. The second-order valence-electron chi connectivity index (χ2n) is 4.65. The van der Waals surface area contributed by atoms with Gasteiger partial charge in [-0.3, -0.25) is 14.2 Å². The molecular weight excluding hydrogens is 315 g/mol. The van der Waals surface area contributed by atoms with E-state index in [1.54, 1.807) is 18.2 Å². The maximum Gasteiger partial charge on any atom is 0.330 e. The van der Waals surface area contributed by atoms with Crippen LogP contribution in [-0.2, 0) is 20.5 Å². The lowest BCUT2D eigenvalue weighted by molar-refractivity contribution is 0.0990. The van der Waals surface area contributed by atoms with E-state index in [0.717, 1.165) is 4.57 Å². The lowest BCUT2D eigenvalue weighted by Crippen LogP contribution is -2.39. The molecule has 2 aromatic rings. The van der Waals surface area contributed by atoms with Crippen molar-refractivity contribution in [2.24, 2.45) is 14.1 Å². The van der Waals surface area contributed by atoms with Gasteiger partial charge >= 0.3 is 5.69 Å². The molecule has 0 amide bonds. The number of carbonyl (C=O) groups excluding carboxylic acids is 1. The van der Waals surface area contributed by atoms with Crippen LogP contribution in [-0.4, -0.2) is 14.9 Å². The molecule has 0 aliphatic heterocycles. The standard InChI is InChI=1S/C14H12Cl2N2O3/c1-17-7-9(13(20)18(2)14(17)21)12(19)6-8-3-4-10(15)11(16)5-8/h3-5,7H,6H2,1-2H3. The highest BCUT2D eigenvalue weighted by atomic mass is 35.5. The minimum Gasteiger partial charge on any atom is -0.303 e. The van der Waals surface area contributed by atoms with Gasteiger partial charge in [-0.25, -0.2) is 4.79 Å². The van der Waals surface area contributed by atoms with Crippen molar-refractivity contribution in [1.82, 2.24) is 9.13 Å². The number of aryl methyl sites for hydroxylation is 1. The fourth-order valence-corrected chi connectivity index (χ4v) is 2.25. The largest absolute Gasteiger partial charge is 0.330 e. The van der Waals surface area contributed by atoms with Crippen molar-refractivity contribution in [3.8, 4) is 0 Å². The SMILES string of the molecule is Cn1cc(C(=O)Cc2ccc(Cl)c(Cl)c2)c(=O)n(C)c1=O. The molecule has 0 aliphatic carbocycles. The van der Waals surface area contributed by atoms with Gasteiger partial charge in [-0.1, -0.05) is 29.3 Å². The Hall–Kier alpha value is -1.85. The molecule has 21 heavy (non-hydrogen) atoms. The van der Waals surface area contributed by atoms with Gasteiger partial charge in [-0.15, -0.1) is 0 Å². The molecule has 1 aromatic heterocycles. The van der Waals surface area contributed by atoms with Gasteiger partial charge in [0.25, 0.3) is 5.56 Å². The van der Waals surface area contributed by atoms with Gasteiger partial charge in [0, 0.05) is 26.7 Å². The summed E-state index contributed by atoms with van der Waals surface area (Å²) in [4.78, 5) is 35.8. The third-order valence-corrected chi connectivity index (χ3v) is 3.83. The lowest BCUT2D eigenvalue weighted by atomic mass is 10.1. The second-order valence-corrected chi connectivity index (χ2v) is 5.46. The molecule has 1 heterocycles. The Kier molecular flexibility index (Phi) is 4.34. The van der Waals surface area contributed by atoms with Crippen molar-refractivity contribution in [2.75, 3.05) is 0 Å². The van der Waals surface area contributed by atoms with Crippen LogP contribution >= 0.6 is 23.2 Å². The van der Waals surface area contributed by atoms with Crippen LogP contribution in [0.3, 0.4) is 0 Å². The van der Waals surface area contributed by atoms with Crippen LogP contribution in [0, 0.1) is 0 Å². The highest BCUT2D eigenvalue weighted by molar-refractivity contribution is 6.42. The third-order valence-electron chi connectivity index (χ3n) is 3.10. The average molecular weight is 327 g/mol. The fraction of sp³-hybridized carbons (Fsp3) is 0.214. The van der Waals surface area contributed by atoms with E-state index in [9.17, 15) is 14.4 Å². The van der Waals surface area contributed by atoms with Crippen molar-refractivity contribution < 1.29 is 4.79 Å². The monoisotopic (exact) mass is 326 g/mol. The Morgan fingerprint density at radius 3 is 2.43 bits per heavy atom. The van der Waals surface area contributed by atoms with E-state index in [2.05, 4.69) is 0 Å². The van der Waals surface area contributed by atoms with Crippen LogP contribution in [0.25, 0.3) is 0 Å². The zero-order valence-electron chi connectivity index (χ0n) is 11.4. The molecule has 0 atom stereocenters. The number of benzene rings is 1. The molecule has 5 nitrogen and oxygen atoms in total. The van der Waals surface area contributed by atoms with E-state index in [1.807, 2.05) is 0 Å². The fourth-order valence-electron chi connectivity index (χ4n) is 1.93. The van der Waals surface area contributed by atoms with E-state index in [0.29, 0.717) is 15.6 Å². The minimum absolute atomic E-state index is 0.00430. The van der Waals surface area contributed by atoms with Gasteiger partial charge in [0.2, 0.25) is 0 Å². The smallest absolute Gasteiger partial charge is 0.303 e. The summed E-state index contributed by atoms with van der Waals surface area (Å²) in [6, 6.07) is 4.83. The van der Waals surface area contributed by atoms with Gasteiger partial charge in [0.05, 0.1) is 15.6 Å². The first-order valence-corrected chi connectivity index (χ1v) is 6.80. The number of carbonyl (C=O) groups is 1. The molecule has 0 spiro atoms. The maximum atomic E-state index is 12.2. The number of ketones is 1. The third kappa shape index (κ3) is 3.09. The second kappa shape index (κ2) is 5.87. The van der Waals surface area contributed by atoms with Gasteiger partial charge < -0.3 is 4.57 Å². The number of hydrogen-bond acceptors (Lipinski definition) is 3. The molecule has 0 unspecified atom stereocenters. The van der Waals surface area contributed by atoms with Crippen molar-refractivity contribution in [2.45, 2.75) is 6.42 Å². The first-order chi connectivity index (χ1) is 9.81. The zero-order chi connectivity index (χ0) is 15.7. The highest BCUT2D eigenvalue weighted by Crippen LogP contribution is 2.23. The predicted molar refractivity (Wildman–Crippen MR) is 81.4 cm³/mol. The van der Waals surface area contributed by atoms with Gasteiger partial charge in [-0.2, -0.15) is 0 Å².